The zero-order chi connectivity index (χ0) is 15.4. The summed E-state index contributed by atoms with van der Waals surface area (Å²) < 4.78 is 0. The molecule has 2 aliphatic rings. The standard InChI is InChI=1S/C17H27N3OS/c1-13-6-7-15(22-13)12-20-9-3-4-14(11-20)10-19-17(21)16-5-2-8-18-16/h6-7,14,16,18H,2-5,8-12H2,1H3,(H,19,21). The van der Waals surface area contributed by atoms with Crippen LogP contribution in [0.3, 0.4) is 0 Å². The number of aryl methyl sites for hydroxylation is 1. The molecule has 0 aromatic carbocycles. The summed E-state index contributed by atoms with van der Waals surface area (Å²) in [6.45, 7) is 7.33. The molecule has 2 unspecified atom stereocenters. The van der Waals surface area contributed by atoms with Gasteiger partial charge in [-0.1, -0.05) is 0 Å². The second-order valence-corrected chi connectivity index (χ2v) is 8.02. The van der Waals surface area contributed by atoms with E-state index < -0.39 is 0 Å². The first kappa shape index (κ1) is 16.0. The fourth-order valence-corrected chi connectivity index (χ4v) is 4.46. The number of rotatable bonds is 5. The van der Waals surface area contributed by atoms with Crippen LogP contribution in [0.25, 0.3) is 0 Å². The van der Waals surface area contributed by atoms with Crippen molar-refractivity contribution in [2.75, 3.05) is 26.2 Å². The van der Waals surface area contributed by atoms with E-state index in [2.05, 4.69) is 34.6 Å². The average molecular weight is 321 g/mol. The number of amides is 1. The number of hydrogen-bond donors (Lipinski definition) is 2. The monoisotopic (exact) mass is 321 g/mol. The molecule has 2 N–H and O–H groups in total. The van der Waals surface area contributed by atoms with Crippen molar-refractivity contribution < 1.29 is 4.79 Å². The summed E-state index contributed by atoms with van der Waals surface area (Å²) in [7, 11) is 0. The lowest BCUT2D eigenvalue weighted by Gasteiger charge is -2.32. The first-order valence-electron chi connectivity index (χ1n) is 8.49. The van der Waals surface area contributed by atoms with Gasteiger partial charge in [0, 0.05) is 29.4 Å². The molecule has 122 valence electrons. The minimum atomic E-state index is 0.0498. The van der Waals surface area contributed by atoms with Gasteiger partial charge in [0.15, 0.2) is 0 Å². The van der Waals surface area contributed by atoms with E-state index >= 15 is 0 Å². The van der Waals surface area contributed by atoms with Gasteiger partial charge >= 0.3 is 0 Å². The molecule has 5 heteroatoms. The van der Waals surface area contributed by atoms with Crippen LogP contribution in [0.1, 0.15) is 35.4 Å². The third-order valence-corrected chi connectivity index (χ3v) is 5.71. The van der Waals surface area contributed by atoms with E-state index in [4.69, 9.17) is 0 Å². The molecule has 0 spiro atoms. The molecular formula is C17H27N3OS. The summed E-state index contributed by atoms with van der Waals surface area (Å²) in [6.07, 6.45) is 4.58. The van der Waals surface area contributed by atoms with Crippen molar-refractivity contribution in [3.63, 3.8) is 0 Å². The number of nitrogens with one attached hydrogen (secondary N) is 2. The molecule has 1 aromatic rings. The van der Waals surface area contributed by atoms with Gasteiger partial charge in [-0.25, -0.2) is 0 Å². The van der Waals surface area contributed by atoms with Crippen molar-refractivity contribution in [3.05, 3.63) is 21.9 Å². The Morgan fingerprint density at radius 2 is 2.32 bits per heavy atom. The maximum Gasteiger partial charge on any atom is 0.237 e. The van der Waals surface area contributed by atoms with E-state index in [0.29, 0.717) is 5.92 Å². The highest BCUT2D eigenvalue weighted by Gasteiger charge is 2.24. The van der Waals surface area contributed by atoms with Crippen molar-refractivity contribution in [2.45, 2.75) is 45.2 Å². The molecule has 0 radical (unpaired) electrons. The summed E-state index contributed by atoms with van der Waals surface area (Å²) in [6, 6.07) is 4.50. The number of hydrogen-bond acceptors (Lipinski definition) is 4. The molecule has 3 rings (SSSR count). The third-order valence-electron chi connectivity index (χ3n) is 4.72. The minimum Gasteiger partial charge on any atom is -0.354 e. The van der Waals surface area contributed by atoms with Gasteiger partial charge in [0.1, 0.15) is 0 Å². The van der Waals surface area contributed by atoms with Gasteiger partial charge in [-0.3, -0.25) is 9.69 Å². The van der Waals surface area contributed by atoms with E-state index in [1.165, 1.54) is 29.1 Å². The van der Waals surface area contributed by atoms with Crippen LogP contribution < -0.4 is 10.6 Å². The molecule has 1 aromatic heterocycles. The van der Waals surface area contributed by atoms with E-state index in [9.17, 15) is 4.79 Å². The Kier molecular flexibility index (Phi) is 5.50. The Bertz CT molecular complexity index is 496. The summed E-state index contributed by atoms with van der Waals surface area (Å²) in [5, 5.41) is 6.42. The summed E-state index contributed by atoms with van der Waals surface area (Å²) in [4.78, 5) is 17.5. The van der Waals surface area contributed by atoms with Crippen LogP contribution >= 0.6 is 11.3 Å². The molecule has 0 bridgehead atoms. The Hall–Kier alpha value is -0.910. The number of carbonyl (C=O) groups is 1. The molecule has 4 nitrogen and oxygen atoms in total. The highest BCUT2D eigenvalue weighted by atomic mass is 32.1. The van der Waals surface area contributed by atoms with Crippen molar-refractivity contribution in [2.24, 2.45) is 5.92 Å². The SMILES string of the molecule is Cc1ccc(CN2CCCC(CNC(=O)C3CCCN3)C2)s1. The van der Waals surface area contributed by atoms with Crippen LogP contribution in [-0.4, -0.2) is 43.0 Å². The first-order valence-corrected chi connectivity index (χ1v) is 9.31. The zero-order valence-corrected chi connectivity index (χ0v) is 14.3. The van der Waals surface area contributed by atoms with Gasteiger partial charge in [-0.05, 0) is 63.7 Å². The van der Waals surface area contributed by atoms with Crippen LogP contribution in [0.2, 0.25) is 0 Å². The minimum absolute atomic E-state index is 0.0498. The van der Waals surface area contributed by atoms with Crippen molar-refractivity contribution >= 4 is 17.2 Å². The number of nitrogens with zero attached hydrogens (tertiary/aromatic N) is 1. The number of carbonyl (C=O) groups excluding carboxylic acids is 1. The maximum atomic E-state index is 12.1. The van der Waals surface area contributed by atoms with E-state index in [-0.39, 0.29) is 11.9 Å². The predicted octanol–water partition coefficient (Wildman–Crippen LogP) is 2.14. The van der Waals surface area contributed by atoms with Crippen LogP contribution in [0, 0.1) is 12.8 Å². The second-order valence-electron chi connectivity index (χ2n) is 6.65. The van der Waals surface area contributed by atoms with E-state index in [1.54, 1.807) is 0 Å². The average Bonchev–Trinajstić information content (AvgIpc) is 3.17. The largest absolute Gasteiger partial charge is 0.354 e. The Balaban J connectivity index is 1.43. The molecule has 1 amide bonds. The lowest BCUT2D eigenvalue weighted by Crippen LogP contribution is -2.45. The maximum absolute atomic E-state index is 12.1. The van der Waals surface area contributed by atoms with Crippen molar-refractivity contribution in [3.8, 4) is 0 Å². The van der Waals surface area contributed by atoms with E-state index in [1.807, 2.05) is 11.3 Å². The zero-order valence-electron chi connectivity index (χ0n) is 13.4. The molecular weight excluding hydrogens is 294 g/mol. The molecule has 22 heavy (non-hydrogen) atoms. The molecule has 0 saturated carbocycles. The highest BCUT2D eigenvalue weighted by Crippen LogP contribution is 2.22. The fourth-order valence-electron chi connectivity index (χ4n) is 3.53. The summed E-state index contributed by atoms with van der Waals surface area (Å²) >= 11 is 1.90. The Morgan fingerprint density at radius 3 is 3.05 bits per heavy atom. The Labute approximate surface area is 137 Å². The first-order chi connectivity index (χ1) is 10.7. The van der Waals surface area contributed by atoms with Gasteiger partial charge in [0.2, 0.25) is 5.91 Å². The van der Waals surface area contributed by atoms with Crippen LogP contribution in [0.4, 0.5) is 0 Å². The van der Waals surface area contributed by atoms with Gasteiger partial charge in [0.25, 0.3) is 0 Å². The molecule has 2 fully saturated rings. The lowest BCUT2D eigenvalue weighted by atomic mass is 9.97. The van der Waals surface area contributed by atoms with E-state index in [0.717, 1.165) is 39.0 Å². The molecule has 2 atom stereocenters. The Morgan fingerprint density at radius 1 is 1.41 bits per heavy atom. The number of thiophene rings is 1. The van der Waals surface area contributed by atoms with Crippen LogP contribution in [0.5, 0.6) is 0 Å². The summed E-state index contributed by atoms with van der Waals surface area (Å²) in [5.41, 5.74) is 0. The van der Waals surface area contributed by atoms with Crippen molar-refractivity contribution in [1.82, 2.24) is 15.5 Å². The number of likely N-dealkylation sites (tertiary alicyclic amines) is 1. The topological polar surface area (TPSA) is 44.4 Å². The third kappa shape index (κ3) is 4.31. The van der Waals surface area contributed by atoms with Crippen LogP contribution in [0.15, 0.2) is 12.1 Å². The molecule has 2 saturated heterocycles. The van der Waals surface area contributed by atoms with Gasteiger partial charge in [0.05, 0.1) is 6.04 Å². The summed E-state index contributed by atoms with van der Waals surface area (Å²) in [5.74, 6) is 0.795. The molecule has 2 aliphatic heterocycles. The quantitative estimate of drug-likeness (QED) is 0.873. The van der Waals surface area contributed by atoms with Crippen LogP contribution in [-0.2, 0) is 11.3 Å². The molecule has 0 aliphatic carbocycles. The predicted molar refractivity (Wildman–Crippen MR) is 91.1 cm³/mol. The normalized spacial score (nSPS) is 26.2. The van der Waals surface area contributed by atoms with Crippen molar-refractivity contribution in [1.29, 1.82) is 0 Å². The van der Waals surface area contributed by atoms with Gasteiger partial charge in [-0.15, -0.1) is 11.3 Å². The number of piperidine rings is 1. The molecule has 3 heterocycles. The van der Waals surface area contributed by atoms with Gasteiger partial charge < -0.3 is 10.6 Å². The highest BCUT2D eigenvalue weighted by molar-refractivity contribution is 7.11. The smallest absolute Gasteiger partial charge is 0.237 e. The van der Waals surface area contributed by atoms with Gasteiger partial charge in [-0.2, -0.15) is 0 Å². The lowest BCUT2D eigenvalue weighted by molar-refractivity contribution is -0.123. The second kappa shape index (κ2) is 7.57. The fraction of sp³-hybridized carbons (Fsp3) is 0.706.